The van der Waals surface area contributed by atoms with Gasteiger partial charge in [-0.25, -0.2) is 0 Å². The maximum atomic E-state index is 4.57. The van der Waals surface area contributed by atoms with E-state index in [1.54, 1.807) is 27.5 Å². The van der Waals surface area contributed by atoms with Gasteiger partial charge in [-0.05, 0) is 51.4 Å². The Bertz CT molecular complexity index is 417. The normalized spacial score (nSPS) is 37.1. The first-order valence-corrected chi connectivity index (χ1v) is 10.3. The number of thiol groups is 1. The lowest BCUT2D eigenvalue weighted by Crippen LogP contribution is -2.32. The molecule has 0 spiro atoms. The van der Waals surface area contributed by atoms with E-state index in [-0.39, 0.29) is 4.75 Å². The van der Waals surface area contributed by atoms with Gasteiger partial charge >= 0.3 is 0 Å². The number of hydrogen-bond acceptors (Lipinski definition) is 2. The first-order valence-electron chi connectivity index (χ1n) is 8.47. The summed E-state index contributed by atoms with van der Waals surface area (Å²) in [6.07, 6.45) is 8.52. The van der Waals surface area contributed by atoms with Crippen molar-refractivity contribution in [3.8, 4) is 0 Å². The van der Waals surface area contributed by atoms with Crippen LogP contribution in [0.4, 0.5) is 0 Å². The van der Waals surface area contributed by atoms with Crippen LogP contribution in [0.2, 0.25) is 0 Å². The fourth-order valence-electron chi connectivity index (χ4n) is 3.98. The van der Waals surface area contributed by atoms with Gasteiger partial charge in [0.2, 0.25) is 0 Å². The predicted molar refractivity (Wildman–Crippen MR) is 103 cm³/mol. The van der Waals surface area contributed by atoms with Gasteiger partial charge in [-0.3, -0.25) is 0 Å². The van der Waals surface area contributed by atoms with Crippen LogP contribution >= 0.6 is 22.5 Å². The molecule has 0 heterocycles. The molecule has 0 amide bonds. The van der Waals surface area contributed by atoms with Crippen LogP contribution in [0.15, 0.2) is 22.8 Å². The molecule has 21 heavy (non-hydrogen) atoms. The molecule has 0 aromatic heterocycles. The molecule has 0 nitrogen and oxygen atoms in total. The Kier molecular flexibility index (Phi) is 6.99. The van der Waals surface area contributed by atoms with Crippen LogP contribution in [0.25, 0.3) is 0 Å². The third-order valence-electron chi connectivity index (χ3n) is 6.12. The minimum absolute atomic E-state index is 0.144. The molecule has 2 atom stereocenters. The Hall–Kier alpha value is 0.180. The molecular weight excluding hydrogens is 292 g/mol. The summed E-state index contributed by atoms with van der Waals surface area (Å²) < 4.78 is 0.144. The van der Waals surface area contributed by atoms with Gasteiger partial charge in [0, 0.05) is 4.75 Å². The van der Waals surface area contributed by atoms with E-state index < -0.39 is 0 Å². The first-order chi connectivity index (χ1) is 9.78. The molecule has 0 aromatic carbocycles. The van der Waals surface area contributed by atoms with Crippen LogP contribution in [0.3, 0.4) is 0 Å². The van der Waals surface area contributed by atoms with E-state index in [4.69, 9.17) is 0 Å². The largest absolute Gasteiger partial charge is 0.110 e. The van der Waals surface area contributed by atoms with E-state index in [0.29, 0.717) is 5.41 Å². The summed E-state index contributed by atoms with van der Waals surface area (Å²) in [5.74, 6) is 0.774. The molecule has 2 heteroatoms. The van der Waals surface area contributed by atoms with E-state index in [0.717, 1.165) is 12.3 Å². The van der Waals surface area contributed by atoms with Gasteiger partial charge in [0.05, 0.1) is 0 Å². The average molecular weight is 327 g/mol. The lowest BCUT2D eigenvalue weighted by Gasteiger charge is -2.43. The second-order valence-corrected chi connectivity index (χ2v) is 8.73. The maximum absolute atomic E-state index is 4.57. The zero-order valence-electron chi connectivity index (χ0n) is 15.0. The van der Waals surface area contributed by atoms with Gasteiger partial charge in [-0.2, -0.15) is 0 Å². The van der Waals surface area contributed by atoms with Crippen LogP contribution in [-0.4, -0.2) is 4.75 Å². The molecule has 1 aliphatic rings. The van der Waals surface area contributed by atoms with E-state index in [1.807, 2.05) is 0 Å². The summed E-state index contributed by atoms with van der Waals surface area (Å²) in [6, 6.07) is 0. The summed E-state index contributed by atoms with van der Waals surface area (Å²) >= 11 is 4.57. The zero-order valence-corrected chi connectivity index (χ0v) is 16.8. The van der Waals surface area contributed by atoms with Crippen LogP contribution in [0.1, 0.15) is 80.6 Å². The Morgan fingerprint density at radius 2 is 1.76 bits per heavy atom. The van der Waals surface area contributed by atoms with Crippen LogP contribution in [0.5, 0.6) is 0 Å². The fraction of sp³-hybridized carbons (Fsp3) is 0.789. The summed E-state index contributed by atoms with van der Waals surface area (Å²) in [6.45, 7) is 16.5. The second-order valence-electron chi connectivity index (χ2n) is 7.10. The Labute approximate surface area is 142 Å². The average Bonchev–Trinajstić information content (AvgIpc) is 2.49. The third-order valence-corrected chi connectivity index (χ3v) is 8.20. The Balaban J connectivity index is 3.36. The van der Waals surface area contributed by atoms with Crippen molar-refractivity contribution in [3.05, 3.63) is 22.8 Å². The number of rotatable bonds is 5. The zero-order chi connectivity index (χ0) is 16.3. The first kappa shape index (κ1) is 19.2. The third kappa shape index (κ3) is 3.75. The summed E-state index contributed by atoms with van der Waals surface area (Å²) in [7, 11) is 1.71. The number of allylic oxidation sites excluding steroid dienone is 3. The van der Waals surface area contributed by atoms with Gasteiger partial charge in [-0.15, -0.1) is 11.7 Å². The van der Waals surface area contributed by atoms with Crippen molar-refractivity contribution in [2.75, 3.05) is 0 Å². The topological polar surface area (TPSA) is 0 Å². The Morgan fingerprint density at radius 1 is 1.19 bits per heavy atom. The molecule has 0 saturated heterocycles. The van der Waals surface area contributed by atoms with Crippen molar-refractivity contribution in [3.63, 3.8) is 0 Å². The van der Waals surface area contributed by atoms with Crippen LogP contribution in [0, 0.1) is 11.3 Å². The van der Waals surface area contributed by atoms with Crippen molar-refractivity contribution in [1.29, 1.82) is 0 Å². The molecule has 0 saturated carbocycles. The molecule has 0 aromatic rings. The van der Waals surface area contributed by atoms with Crippen molar-refractivity contribution < 1.29 is 0 Å². The second kappa shape index (κ2) is 7.64. The van der Waals surface area contributed by atoms with Gasteiger partial charge in [0.15, 0.2) is 0 Å². The van der Waals surface area contributed by atoms with E-state index in [9.17, 15) is 0 Å². The van der Waals surface area contributed by atoms with Crippen LogP contribution < -0.4 is 0 Å². The van der Waals surface area contributed by atoms with Gasteiger partial charge in [0.25, 0.3) is 0 Å². The van der Waals surface area contributed by atoms with Gasteiger partial charge in [-0.1, -0.05) is 74.1 Å². The standard InChI is InChI=1S/C19H34S2/c1-8-16-13-18(6,17(9-2)10-3)14(4)11-12-19(7,21-20)15(16)5/h11,17,20H,8-10,12-13H2,1-7H3/b14-11+,16-15-. The van der Waals surface area contributed by atoms with E-state index in [1.165, 1.54) is 25.7 Å². The molecule has 0 bridgehead atoms. The van der Waals surface area contributed by atoms with Crippen molar-refractivity contribution in [2.45, 2.75) is 85.3 Å². The van der Waals surface area contributed by atoms with Crippen molar-refractivity contribution in [1.82, 2.24) is 0 Å². The van der Waals surface area contributed by atoms with Crippen molar-refractivity contribution >= 4 is 22.5 Å². The molecule has 0 aliphatic heterocycles. The molecule has 0 N–H and O–H groups in total. The number of hydrogen-bond donors (Lipinski definition) is 1. The smallest absolute Gasteiger partial charge is 0.0475 e. The molecule has 1 aliphatic carbocycles. The molecule has 1 rings (SSSR count). The highest BCUT2D eigenvalue weighted by atomic mass is 33.1. The highest BCUT2D eigenvalue weighted by molar-refractivity contribution is 8.69. The summed E-state index contributed by atoms with van der Waals surface area (Å²) in [4.78, 5) is 0. The lowest BCUT2D eigenvalue weighted by molar-refractivity contribution is 0.215. The fourth-order valence-corrected chi connectivity index (χ4v) is 5.05. The molecular formula is C19H34S2. The van der Waals surface area contributed by atoms with Crippen molar-refractivity contribution in [2.24, 2.45) is 11.3 Å². The quantitative estimate of drug-likeness (QED) is 0.316. The highest BCUT2D eigenvalue weighted by Crippen LogP contribution is 2.50. The van der Waals surface area contributed by atoms with Crippen LogP contribution in [-0.2, 0) is 0 Å². The highest BCUT2D eigenvalue weighted by Gasteiger charge is 2.38. The monoisotopic (exact) mass is 326 g/mol. The van der Waals surface area contributed by atoms with E-state index >= 15 is 0 Å². The molecule has 0 fully saturated rings. The predicted octanol–water partition coefficient (Wildman–Crippen LogP) is 7.23. The Morgan fingerprint density at radius 3 is 2.19 bits per heavy atom. The SMILES string of the molecule is CC/C1=C(\C)C(C)(SS)C/C=C(\C)C(C)(C(CC)CC)C1. The maximum Gasteiger partial charge on any atom is 0.0475 e. The summed E-state index contributed by atoms with van der Waals surface area (Å²) in [5, 5.41) is 0. The summed E-state index contributed by atoms with van der Waals surface area (Å²) in [5.41, 5.74) is 5.12. The van der Waals surface area contributed by atoms with Gasteiger partial charge < -0.3 is 0 Å². The molecule has 0 radical (unpaired) electrons. The minimum atomic E-state index is 0.144. The van der Waals surface area contributed by atoms with E-state index in [2.05, 4.69) is 66.2 Å². The lowest BCUT2D eigenvalue weighted by atomic mass is 9.64. The molecule has 2 unspecified atom stereocenters. The molecule has 122 valence electrons. The minimum Gasteiger partial charge on any atom is -0.110 e. The van der Waals surface area contributed by atoms with Gasteiger partial charge in [0.1, 0.15) is 0 Å².